The molecular formula is C15H19F2N3. The molecule has 0 radical (unpaired) electrons. The van der Waals surface area contributed by atoms with Crippen LogP contribution in [0.3, 0.4) is 0 Å². The Hall–Kier alpha value is -1.67. The minimum atomic E-state index is -0.656. The van der Waals surface area contributed by atoms with Gasteiger partial charge in [0.25, 0.3) is 0 Å². The molecule has 0 amide bonds. The molecule has 1 N–H and O–H groups in total. The van der Waals surface area contributed by atoms with Crippen LogP contribution in [0.15, 0.2) is 12.1 Å². The number of halogens is 2. The topological polar surface area (TPSA) is 39.1 Å². The molecule has 2 rings (SSSR count). The second-order valence-corrected chi connectivity index (χ2v) is 5.13. The monoisotopic (exact) mass is 279 g/mol. The summed E-state index contributed by atoms with van der Waals surface area (Å²) in [6.07, 6.45) is 1.72. The maximum atomic E-state index is 14.2. The van der Waals surface area contributed by atoms with Gasteiger partial charge >= 0.3 is 0 Å². The van der Waals surface area contributed by atoms with E-state index >= 15 is 0 Å². The number of rotatable bonds is 3. The van der Waals surface area contributed by atoms with Crippen LogP contribution in [0.1, 0.15) is 32.3 Å². The molecule has 0 bridgehead atoms. The van der Waals surface area contributed by atoms with Crippen LogP contribution < -0.4 is 10.2 Å². The van der Waals surface area contributed by atoms with E-state index in [0.717, 1.165) is 25.0 Å². The van der Waals surface area contributed by atoms with Gasteiger partial charge in [-0.1, -0.05) is 13.8 Å². The molecular weight excluding hydrogens is 260 g/mol. The normalized spacial score (nSPS) is 22.6. The van der Waals surface area contributed by atoms with Crippen LogP contribution in [0.25, 0.3) is 0 Å². The quantitative estimate of drug-likeness (QED) is 0.924. The minimum absolute atomic E-state index is 0.00389. The van der Waals surface area contributed by atoms with Crippen molar-refractivity contribution in [2.24, 2.45) is 0 Å². The Morgan fingerprint density at radius 3 is 2.45 bits per heavy atom. The molecule has 3 nitrogen and oxygen atoms in total. The number of nitrogens with zero attached hydrogens (tertiary/aromatic N) is 2. The minimum Gasteiger partial charge on any atom is -0.361 e. The Balaban J connectivity index is 2.39. The summed E-state index contributed by atoms with van der Waals surface area (Å²) >= 11 is 0. The molecule has 5 heteroatoms. The van der Waals surface area contributed by atoms with Gasteiger partial charge in [0.05, 0.1) is 11.6 Å². The summed E-state index contributed by atoms with van der Waals surface area (Å²) in [6, 6.07) is 4.28. The second-order valence-electron chi connectivity index (χ2n) is 5.13. The zero-order chi connectivity index (χ0) is 14.7. The lowest BCUT2D eigenvalue weighted by Gasteiger charge is -2.41. The summed E-state index contributed by atoms with van der Waals surface area (Å²) in [5, 5.41) is 12.2. The summed E-state index contributed by atoms with van der Waals surface area (Å²) in [7, 11) is 0. The van der Waals surface area contributed by atoms with Crippen LogP contribution in [0.5, 0.6) is 0 Å². The van der Waals surface area contributed by atoms with E-state index in [9.17, 15) is 8.78 Å². The second kappa shape index (κ2) is 6.19. The number of benzene rings is 1. The molecule has 0 aromatic heterocycles. The van der Waals surface area contributed by atoms with Gasteiger partial charge in [0.2, 0.25) is 0 Å². The van der Waals surface area contributed by atoms with E-state index in [1.54, 1.807) is 11.0 Å². The standard InChI is InChI=1S/C15H19F2N3/c1-3-11-9-20(12(4-2)8-19-11)15-13(16)5-10(7-18)6-14(15)17/h5-6,11-12,19H,3-4,8-9H2,1-2H3. The fraction of sp³-hybridized carbons (Fsp3) is 0.533. The van der Waals surface area contributed by atoms with Crippen molar-refractivity contribution in [1.82, 2.24) is 5.32 Å². The van der Waals surface area contributed by atoms with Crippen molar-refractivity contribution in [3.8, 4) is 6.07 Å². The molecule has 108 valence electrons. The van der Waals surface area contributed by atoms with E-state index in [1.165, 1.54) is 0 Å². The zero-order valence-corrected chi connectivity index (χ0v) is 11.8. The summed E-state index contributed by atoms with van der Waals surface area (Å²) in [5.41, 5.74) is 0.00905. The van der Waals surface area contributed by atoms with Gasteiger partial charge in [-0.3, -0.25) is 0 Å². The lowest BCUT2D eigenvalue weighted by atomic mass is 10.0. The highest BCUT2D eigenvalue weighted by Crippen LogP contribution is 2.29. The molecule has 0 spiro atoms. The van der Waals surface area contributed by atoms with Crippen LogP contribution in [-0.2, 0) is 0 Å². The predicted molar refractivity (Wildman–Crippen MR) is 74.6 cm³/mol. The summed E-state index contributed by atoms with van der Waals surface area (Å²) in [4.78, 5) is 1.80. The lowest BCUT2D eigenvalue weighted by molar-refractivity contribution is 0.371. The Bertz CT molecular complexity index is 501. The van der Waals surface area contributed by atoms with Gasteiger partial charge in [-0.05, 0) is 25.0 Å². The molecule has 1 saturated heterocycles. The number of hydrogen-bond acceptors (Lipinski definition) is 3. The maximum absolute atomic E-state index is 14.2. The third-order valence-electron chi connectivity index (χ3n) is 3.90. The number of anilines is 1. The molecule has 1 heterocycles. The highest BCUT2D eigenvalue weighted by molar-refractivity contribution is 5.54. The van der Waals surface area contributed by atoms with Crippen LogP contribution >= 0.6 is 0 Å². The van der Waals surface area contributed by atoms with Crippen LogP contribution in [-0.4, -0.2) is 25.2 Å². The summed E-state index contributed by atoms with van der Waals surface area (Å²) in [5.74, 6) is -1.31. The fourth-order valence-electron chi connectivity index (χ4n) is 2.68. The van der Waals surface area contributed by atoms with Crippen LogP contribution in [0.4, 0.5) is 14.5 Å². The Morgan fingerprint density at radius 1 is 1.30 bits per heavy atom. The van der Waals surface area contributed by atoms with E-state index in [2.05, 4.69) is 5.32 Å². The van der Waals surface area contributed by atoms with Crippen molar-refractivity contribution >= 4 is 5.69 Å². The first-order valence-corrected chi connectivity index (χ1v) is 6.99. The molecule has 1 fully saturated rings. The average Bonchev–Trinajstić information content (AvgIpc) is 2.46. The Morgan fingerprint density at radius 2 is 1.95 bits per heavy atom. The van der Waals surface area contributed by atoms with E-state index in [0.29, 0.717) is 13.1 Å². The average molecular weight is 279 g/mol. The summed E-state index contributed by atoms with van der Waals surface area (Å²) < 4.78 is 28.3. The van der Waals surface area contributed by atoms with Gasteiger partial charge in [-0.15, -0.1) is 0 Å². The molecule has 1 aromatic rings. The van der Waals surface area contributed by atoms with E-state index in [1.807, 2.05) is 13.8 Å². The fourth-order valence-corrected chi connectivity index (χ4v) is 2.68. The van der Waals surface area contributed by atoms with Crippen molar-refractivity contribution in [2.45, 2.75) is 38.8 Å². The third kappa shape index (κ3) is 2.75. The van der Waals surface area contributed by atoms with Crippen LogP contribution in [0.2, 0.25) is 0 Å². The Kier molecular flexibility index (Phi) is 4.56. The smallest absolute Gasteiger partial charge is 0.150 e. The molecule has 0 saturated carbocycles. The predicted octanol–water partition coefficient (Wildman–Crippen LogP) is 2.80. The van der Waals surface area contributed by atoms with Crippen molar-refractivity contribution in [3.63, 3.8) is 0 Å². The first-order valence-electron chi connectivity index (χ1n) is 6.99. The summed E-state index contributed by atoms with van der Waals surface area (Å²) in [6.45, 7) is 5.35. The molecule has 1 aliphatic rings. The molecule has 1 aliphatic heterocycles. The van der Waals surface area contributed by atoms with E-state index < -0.39 is 11.6 Å². The van der Waals surface area contributed by atoms with Crippen molar-refractivity contribution in [1.29, 1.82) is 5.26 Å². The first kappa shape index (κ1) is 14.7. The molecule has 2 atom stereocenters. The van der Waals surface area contributed by atoms with Crippen molar-refractivity contribution in [3.05, 3.63) is 29.3 Å². The molecule has 20 heavy (non-hydrogen) atoms. The molecule has 2 unspecified atom stereocenters. The number of piperazine rings is 1. The van der Waals surface area contributed by atoms with Gasteiger partial charge < -0.3 is 10.2 Å². The number of hydrogen-bond donors (Lipinski definition) is 1. The largest absolute Gasteiger partial charge is 0.361 e. The van der Waals surface area contributed by atoms with E-state index in [-0.39, 0.29) is 23.3 Å². The van der Waals surface area contributed by atoms with Crippen molar-refractivity contribution < 1.29 is 8.78 Å². The van der Waals surface area contributed by atoms with E-state index in [4.69, 9.17) is 5.26 Å². The molecule has 1 aromatic carbocycles. The highest BCUT2D eigenvalue weighted by Gasteiger charge is 2.30. The number of nitrogens with one attached hydrogen (secondary N) is 1. The molecule has 0 aliphatic carbocycles. The van der Waals surface area contributed by atoms with Gasteiger partial charge in [0.15, 0.2) is 11.6 Å². The zero-order valence-electron chi connectivity index (χ0n) is 11.8. The lowest BCUT2D eigenvalue weighted by Crippen LogP contribution is -2.56. The van der Waals surface area contributed by atoms with Gasteiger partial charge in [0.1, 0.15) is 5.69 Å². The SMILES string of the molecule is CCC1CN(c2c(F)cc(C#N)cc2F)C(CC)CN1. The van der Waals surface area contributed by atoms with Crippen LogP contribution in [0, 0.1) is 23.0 Å². The van der Waals surface area contributed by atoms with Gasteiger partial charge in [-0.2, -0.15) is 5.26 Å². The first-order chi connectivity index (χ1) is 9.60. The third-order valence-corrected chi connectivity index (χ3v) is 3.90. The van der Waals surface area contributed by atoms with Crippen molar-refractivity contribution in [2.75, 3.05) is 18.0 Å². The maximum Gasteiger partial charge on any atom is 0.150 e. The highest BCUT2D eigenvalue weighted by atomic mass is 19.1. The van der Waals surface area contributed by atoms with Gasteiger partial charge in [0, 0.05) is 25.2 Å². The van der Waals surface area contributed by atoms with Gasteiger partial charge in [-0.25, -0.2) is 8.78 Å². The Labute approximate surface area is 118 Å². The number of nitriles is 1.